The molecule has 0 fully saturated rings. The Morgan fingerprint density at radius 3 is 1.28 bits per heavy atom. The molecule has 0 aliphatic carbocycles. The van der Waals surface area contributed by atoms with Crippen LogP contribution in [0.5, 0.6) is 0 Å². The number of carbonyl (C=O) groups is 2. The third kappa shape index (κ3) is 11.6. The molecule has 2 amide bonds. The van der Waals surface area contributed by atoms with Crippen LogP contribution in [0.15, 0.2) is 14.4 Å². The molecule has 60 heavy (non-hydrogen) atoms. The van der Waals surface area contributed by atoms with E-state index in [1.165, 1.54) is 34.6 Å². The van der Waals surface area contributed by atoms with Crippen molar-refractivity contribution < 1.29 is 40.2 Å². The van der Waals surface area contributed by atoms with Crippen molar-refractivity contribution in [3.05, 3.63) is 31.1 Å². The Hall–Kier alpha value is -5.48. The fraction of sp³-hybridized carbons (Fsp3) is 0.562. The molecule has 6 rings (SSSR count). The van der Waals surface area contributed by atoms with E-state index in [-0.39, 0.29) is 91.9 Å². The van der Waals surface area contributed by atoms with E-state index in [4.69, 9.17) is 17.2 Å². The van der Waals surface area contributed by atoms with Crippen molar-refractivity contribution in [3.8, 4) is 0 Å². The molecule has 6 heterocycles. The monoisotopic (exact) mass is 895 g/mol. The van der Waals surface area contributed by atoms with Crippen LogP contribution in [-0.2, 0) is 9.59 Å². The average molecular weight is 897 g/mol. The van der Waals surface area contributed by atoms with Gasteiger partial charge in [0.05, 0.1) is 36.4 Å². The average Bonchev–Trinajstić information content (AvgIpc) is 3.12. The van der Waals surface area contributed by atoms with Crippen molar-refractivity contribution in [2.45, 2.75) is 96.8 Å². The van der Waals surface area contributed by atoms with Gasteiger partial charge < -0.3 is 69.1 Å². The van der Waals surface area contributed by atoms with Crippen LogP contribution in [-0.4, -0.2) is 147 Å². The minimum atomic E-state index is -1.20. The van der Waals surface area contributed by atoms with E-state index >= 15 is 0 Å². The Morgan fingerprint density at radius 1 is 0.600 bits per heavy atom. The Morgan fingerprint density at radius 2 is 0.933 bits per heavy atom. The first-order valence-electron chi connectivity index (χ1n) is 17.5. The molecule has 9 atom stereocenters. The highest BCUT2D eigenvalue weighted by atomic mass is 35.5. The molecule has 3 aromatic heterocycles. The van der Waals surface area contributed by atoms with E-state index < -0.39 is 83.2 Å². The lowest BCUT2D eigenvalue weighted by Gasteiger charge is -2.39. The van der Waals surface area contributed by atoms with Gasteiger partial charge in [-0.1, -0.05) is 7.43 Å². The van der Waals surface area contributed by atoms with Gasteiger partial charge in [-0.05, 0) is 20.8 Å². The number of aliphatic hydroxyl groups excluding tert-OH is 6. The topological polar surface area (TPSA) is 425 Å². The number of aromatic nitrogens is 6. The van der Waals surface area contributed by atoms with E-state index in [0.717, 1.165) is 9.80 Å². The highest BCUT2D eigenvalue weighted by Gasteiger charge is 2.40. The number of carbonyl (C=O) groups excluding carboxylic acids is 2. The second kappa shape index (κ2) is 21.7. The molecule has 26 nitrogen and oxygen atoms in total. The first kappa shape index (κ1) is 52.5. The van der Waals surface area contributed by atoms with Crippen LogP contribution in [0.1, 0.15) is 42.0 Å². The van der Waals surface area contributed by atoms with Crippen LogP contribution in [0.4, 0.5) is 52.4 Å². The fourth-order valence-corrected chi connectivity index (χ4v) is 6.29. The van der Waals surface area contributed by atoms with Gasteiger partial charge in [0.15, 0.2) is 28.8 Å². The molecule has 3 aliphatic rings. The minimum Gasteiger partial charge on any atom is -0.391 e. The molecule has 3 aromatic rings. The molecule has 3 aliphatic heterocycles. The molecular weight excluding hydrogens is 841 g/mol. The van der Waals surface area contributed by atoms with Gasteiger partial charge >= 0.3 is 0 Å². The molecular formula is C32H55Cl2N15O11. The van der Waals surface area contributed by atoms with Crippen molar-refractivity contribution in [2.75, 3.05) is 67.9 Å². The predicted octanol–water partition coefficient (Wildman–Crippen LogP) is -3.74. The Labute approximate surface area is 354 Å². The van der Waals surface area contributed by atoms with Crippen LogP contribution in [0.2, 0.25) is 0 Å². The second-order valence-electron chi connectivity index (χ2n) is 13.5. The summed E-state index contributed by atoms with van der Waals surface area (Å²) in [6, 6.07) is -2.01. The smallest absolute Gasteiger partial charge is 0.278 e. The highest BCUT2D eigenvalue weighted by molar-refractivity contribution is 5.97. The van der Waals surface area contributed by atoms with Crippen LogP contribution in [0.3, 0.4) is 0 Å². The summed E-state index contributed by atoms with van der Waals surface area (Å²) in [7, 11) is 0. The summed E-state index contributed by atoms with van der Waals surface area (Å²) in [5.41, 5.74) is 14.9. The van der Waals surface area contributed by atoms with Crippen molar-refractivity contribution in [2.24, 2.45) is 0 Å². The largest absolute Gasteiger partial charge is 0.391 e. The first-order chi connectivity index (χ1) is 26.6. The summed E-state index contributed by atoms with van der Waals surface area (Å²) < 4.78 is 0. The normalized spacial score (nSPS) is 20.1. The van der Waals surface area contributed by atoms with Gasteiger partial charge in [-0.15, -0.1) is 24.8 Å². The first-order valence-corrected chi connectivity index (χ1v) is 17.5. The number of hydrogen-bond donors (Lipinski definition) is 16. The number of amides is 2. The van der Waals surface area contributed by atoms with Crippen molar-refractivity contribution >= 4 is 89.0 Å². The van der Waals surface area contributed by atoms with Gasteiger partial charge in [-0.2, -0.15) is 15.0 Å². The summed E-state index contributed by atoms with van der Waals surface area (Å²) in [5, 5.41) is 69.4. The van der Waals surface area contributed by atoms with Gasteiger partial charge in [-0.25, -0.2) is 0 Å². The lowest BCUT2D eigenvalue weighted by molar-refractivity contribution is -0.118. The van der Waals surface area contributed by atoms with Gasteiger partial charge in [0, 0.05) is 33.5 Å². The second-order valence-corrected chi connectivity index (χ2v) is 13.5. The number of nitrogens with two attached hydrogens (primary N) is 3. The maximum Gasteiger partial charge on any atom is 0.278 e. The highest BCUT2D eigenvalue weighted by Crippen LogP contribution is 2.30. The summed E-state index contributed by atoms with van der Waals surface area (Å²) in [5.74, 6) is -0.286. The number of fused-ring (bicyclic) bond motifs is 3. The number of anilines is 9. The van der Waals surface area contributed by atoms with E-state index in [0.29, 0.717) is 12.4 Å². The van der Waals surface area contributed by atoms with E-state index in [2.05, 4.69) is 51.2 Å². The van der Waals surface area contributed by atoms with Gasteiger partial charge in [0.25, 0.3) is 16.7 Å². The Bertz CT molecular complexity index is 2020. The van der Waals surface area contributed by atoms with Gasteiger partial charge in [0.1, 0.15) is 24.0 Å². The maximum atomic E-state index is 12.0. The quantitative estimate of drug-likeness (QED) is 0.113. The lowest BCUT2D eigenvalue weighted by atomic mass is 10.0. The molecule has 28 heteroatoms. The summed E-state index contributed by atoms with van der Waals surface area (Å²) in [4.78, 5) is 80.2. The lowest BCUT2D eigenvalue weighted by Crippen LogP contribution is -2.57. The molecule has 338 valence electrons. The number of aliphatic hydroxyl groups is 6. The zero-order valence-corrected chi connectivity index (χ0v) is 34.0. The van der Waals surface area contributed by atoms with Gasteiger partial charge in [0.2, 0.25) is 29.7 Å². The number of rotatable bonds is 6. The van der Waals surface area contributed by atoms with Gasteiger partial charge in [-0.3, -0.25) is 48.7 Å². The number of nitrogens with one attached hydrogen (secondary N) is 7. The number of nitrogens with zero attached hydrogens (tertiary/aromatic N) is 5. The SMILES string of the molecule is C.CC(=O)N1c2c(nc(N)[nH]c2=O)NCC1[C@@H](O)[C@H](C)O.CC(=O)N1c2c(nc(N)[nH]c2=O)NCC1[C@@H](O)[C@H](C)O.C[C@H](O)[C@H](O)C1CNc2nc(N)[nH]c(=O)c2N1.Cl.Cl. The molecule has 3 unspecified atom stereocenters. The zero-order valence-electron chi connectivity index (χ0n) is 32.3. The molecule has 0 spiro atoms. The Balaban J connectivity index is 0.000000441. The number of halogens is 2. The molecule has 19 N–H and O–H groups in total. The third-order valence-electron chi connectivity index (χ3n) is 9.05. The Kier molecular flexibility index (Phi) is 19.0. The predicted molar refractivity (Wildman–Crippen MR) is 229 cm³/mol. The number of aromatic amines is 3. The molecule has 0 radical (unpaired) electrons. The van der Waals surface area contributed by atoms with Crippen LogP contribution in [0, 0.1) is 0 Å². The minimum absolute atomic E-state index is 0. The molecule has 0 bridgehead atoms. The standard InChI is InChI=1S/2C11H17N5O4.C9H15N5O3.CH4.2ClH/c2*1-4(17)8(19)6-3-13-9-7(16(6)5(2)18)10(20)15-11(12)14-9;1-3(15)6(16)4-2-11-7-5(12-4)8(17)14-9(10)13-7;;;/h2*4,6,8,17,19H,3H2,1-2H3,(H4,12,13,14,15,20);3-4,6,12,15-16H,2H2,1H3,(H4,10,11,13,14,17);1H4;2*1H/t2*4-,6?,8-;3-,4?,6-;;;/m000.../s1. The van der Waals surface area contributed by atoms with E-state index in [1.54, 1.807) is 0 Å². The maximum absolute atomic E-state index is 12.0. The third-order valence-corrected chi connectivity index (χ3v) is 9.05. The summed E-state index contributed by atoms with van der Waals surface area (Å²) >= 11 is 0. The molecule has 0 saturated carbocycles. The summed E-state index contributed by atoms with van der Waals surface area (Å²) in [6.45, 7) is 7.47. The number of H-pyrrole nitrogens is 3. The van der Waals surface area contributed by atoms with Crippen molar-refractivity contribution in [1.29, 1.82) is 0 Å². The fourth-order valence-electron chi connectivity index (χ4n) is 6.29. The van der Waals surface area contributed by atoms with Crippen LogP contribution >= 0.6 is 24.8 Å². The zero-order chi connectivity index (χ0) is 42.6. The van der Waals surface area contributed by atoms with Crippen LogP contribution in [0.25, 0.3) is 0 Å². The van der Waals surface area contributed by atoms with E-state index in [9.17, 15) is 54.6 Å². The summed E-state index contributed by atoms with van der Waals surface area (Å²) in [6.07, 6.45) is -6.37. The van der Waals surface area contributed by atoms with E-state index in [1.807, 2.05) is 0 Å². The van der Waals surface area contributed by atoms with Crippen LogP contribution < -0.4 is 64.9 Å². The number of nitrogen functional groups attached to an aromatic ring is 3. The van der Waals surface area contributed by atoms with Crippen molar-refractivity contribution in [1.82, 2.24) is 29.9 Å². The molecule has 0 saturated heterocycles. The molecule has 0 aromatic carbocycles. The van der Waals surface area contributed by atoms with Crippen molar-refractivity contribution in [3.63, 3.8) is 0 Å². The number of hydrogen-bond acceptors (Lipinski definition) is 21.